The molecule has 4 rings (SSSR count). The van der Waals surface area contributed by atoms with Gasteiger partial charge >= 0.3 is 0 Å². The van der Waals surface area contributed by atoms with E-state index >= 15 is 0 Å². The minimum Gasteiger partial charge on any atom is -0.496 e. The van der Waals surface area contributed by atoms with Gasteiger partial charge in [-0.05, 0) is 41.8 Å². The van der Waals surface area contributed by atoms with Crippen molar-refractivity contribution in [2.45, 2.75) is 17.7 Å². The van der Waals surface area contributed by atoms with Crippen molar-refractivity contribution in [2.24, 2.45) is 5.10 Å². The maximum Gasteiger partial charge on any atom is 0.295 e. The second kappa shape index (κ2) is 8.93. The molecule has 0 bridgehead atoms. The summed E-state index contributed by atoms with van der Waals surface area (Å²) in [5.41, 5.74) is 3.11. The summed E-state index contributed by atoms with van der Waals surface area (Å²) in [5.74, 6) is 0.607. The zero-order chi connectivity index (χ0) is 22.7. The number of hydrazone groups is 1. The third kappa shape index (κ3) is 4.14. The quantitative estimate of drug-likeness (QED) is 0.328. The van der Waals surface area contributed by atoms with Gasteiger partial charge in [-0.3, -0.25) is 15.5 Å². The standard InChI is InChI=1S/C22H22N4O5S/c1-31-22-11-8-16-6-2-3-7-18(16)19(22)15-23-24-20-10-9-17(14-21(20)26(27)28)32(29,30)25-12-4-5-13-25/h2-3,6-11,14-15,24H,4-5,12-13H2,1H3/b23-15+. The van der Waals surface area contributed by atoms with E-state index in [1.54, 1.807) is 7.11 Å². The zero-order valence-electron chi connectivity index (χ0n) is 17.4. The molecule has 3 aromatic carbocycles. The van der Waals surface area contributed by atoms with Crippen molar-refractivity contribution in [1.29, 1.82) is 0 Å². The Morgan fingerprint density at radius 3 is 2.59 bits per heavy atom. The predicted molar refractivity (Wildman–Crippen MR) is 123 cm³/mol. The molecule has 9 nitrogen and oxygen atoms in total. The fourth-order valence-corrected chi connectivity index (χ4v) is 5.29. The van der Waals surface area contributed by atoms with Gasteiger partial charge in [-0.1, -0.05) is 30.3 Å². The second-order valence-electron chi connectivity index (χ2n) is 7.32. The lowest BCUT2D eigenvalue weighted by Crippen LogP contribution is -2.27. The minimum atomic E-state index is -3.76. The van der Waals surface area contributed by atoms with Gasteiger partial charge in [0, 0.05) is 24.7 Å². The van der Waals surface area contributed by atoms with Crippen molar-refractivity contribution in [3.63, 3.8) is 0 Å². The normalized spacial score (nSPS) is 14.8. The summed E-state index contributed by atoms with van der Waals surface area (Å²) in [6, 6.07) is 15.3. The summed E-state index contributed by atoms with van der Waals surface area (Å²) in [6.45, 7) is 0.848. The van der Waals surface area contributed by atoms with Crippen LogP contribution in [0.3, 0.4) is 0 Å². The van der Waals surface area contributed by atoms with E-state index in [-0.39, 0.29) is 16.3 Å². The number of fused-ring (bicyclic) bond motifs is 1. The van der Waals surface area contributed by atoms with Crippen molar-refractivity contribution in [3.05, 3.63) is 70.3 Å². The number of hydrogen-bond donors (Lipinski definition) is 1. The van der Waals surface area contributed by atoms with E-state index in [9.17, 15) is 18.5 Å². The number of methoxy groups -OCH3 is 1. The highest BCUT2D eigenvalue weighted by atomic mass is 32.2. The number of benzene rings is 3. The summed E-state index contributed by atoms with van der Waals surface area (Å²) in [4.78, 5) is 10.9. The molecule has 1 aliphatic heterocycles. The van der Waals surface area contributed by atoms with Gasteiger partial charge in [-0.2, -0.15) is 9.41 Å². The van der Waals surface area contributed by atoms with Crippen LogP contribution in [0.1, 0.15) is 18.4 Å². The van der Waals surface area contributed by atoms with Crippen molar-refractivity contribution < 1.29 is 18.1 Å². The molecular weight excluding hydrogens is 432 g/mol. The van der Waals surface area contributed by atoms with E-state index in [2.05, 4.69) is 10.5 Å². The topological polar surface area (TPSA) is 114 Å². The van der Waals surface area contributed by atoms with Crippen LogP contribution in [0, 0.1) is 10.1 Å². The Labute approximate surface area is 185 Å². The van der Waals surface area contributed by atoms with Gasteiger partial charge in [0.2, 0.25) is 10.0 Å². The van der Waals surface area contributed by atoms with Crippen LogP contribution in [0.25, 0.3) is 10.8 Å². The number of nitro benzene ring substituents is 1. The Hall–Kier alpha value is -3.50. The molecule has 1 N–H and O–H groups in total. The molecule has 0 atom stereocenters. The molecule has 0 unspecified atom stereocenters. The van der Waals surface area contributed by atoms with Crippen LogP contribution < -0.4 is 10.2 Å². The number of hydrogen-bond acceptors (Lipinski definition) is 7. The van der Waals surface area contributed by atoms with Gasteiger partial charge in [0.05, 0.1) is 23.1 Å². The van der Waals surface area contributed by atoms with Gasteiger partial charge in [0.25, 0.3) is 5.69 Å². The average molecular weight is 455 g/mol. The number of ether oxygens (including phenoxy) is 1. The van der Waals surface area contributed by atoms with Crippen LogP contribution in [-0.2, 0) is 10.0 Å². The molecule has 0 aliphatic carbocycles. The highest BCUT2D eigenvalue weighted by Crippen LogP contribution is 2.31. The van der Waals surface area contributed by atoms with Crippen LogP contribution in [0.4, 0.5) is 11.4 Å². The molecule has 0 amide bonds. The molecule has 0 aromatic heterocycles. The SMILES string of the molecule is COc1ccc2ccccc2c1/C=N/Nc1ccc(S(=O)(=O)N2CCCC2)cc1[N+](=O)[O-]. The lowest BCUT2D eigenvalue weighted by molar-refractivity contribution is -0.384. The number of anilines is 1. The van der Waals surface area contributed by atoms with Crippen molar-refractivity contribution in [1.82, 2.24) is 4.31 Å². The van der Waals surface area contributed by atoms with Crippen LogP contribution in [-0.4, -0.2) is 44.1 Å². The first-order valence-electron chi connectivity index (χ1n) is 10.1. The Kier molecular flexibility index (Phi) is 6.06. The molecule has 3 aromatic rings. The van der Waals surface area contributed by atoms with E-state index in [1.165, 1.54) is 22.7 Å². The van der Waals surface area contributed by atoms with Gasteiger partial charge in [0.15, 0.2) is 0 Å². The molecule has 0 saturated carbocycles. The van der Waals surface area contributed by atoms with Gasteiger partial charge in [-0.15, -0.1) is 0 Å². The van der Waals surface area contributed by atoms with Gasteiger partial charge < -0.3 is 4.74 Å². The van der Waals surface area contributed by atoms with Crippen LogP contribution in [0.5, 0.6) is 5.75 Å². The minimum absolute atomic E-state index is 0.0887. The number of nitrogens with zero attached hydrogens (tertiary/aromatic N) is 3. The Bertz CT molecular complexity index is 1300. The number of nitrogens with one attached hydrogen (secondary N) is 1. The highest BCUT2D eigenvalue weighted by Gasteiger charge is 2.29. The van der Waals surface area contributed by atoms with Crippen LogP contribution >= 0.6 is 0 Å². The first-order valence-corrected chi connectivity index (χ1v) is 11.5. The summed E-state index contributed by atoms with van der Waals surface area (Å²) in [7, 11) is -2.21. The predicted octanol–water partition coefficient (Wildman–Crippen LogP) is 3.99. The smallest absolute Gasteiger partial charge is 0.295 e. The maximum absolute atomic E-state index is 12.8. The van der Waals surface area contributed by atoms with E-state index in [1.807, 2.05) is 36.4 Å². The number of nitro groups is 1. The lowest BCUT2D eigenvalue weighted by Gasteiger charge is -2.15. The Morgan fingerprint density at radius 2 is 1.88 bits per heavy atom. The summed E-state index contributed by atoms with van der Waals surface area (Å²) in [5, 5.41) is 17.7. The Morgan fingerprint density at radius 1 is 1.12 bits per heavy atom. The zero-order valence-corrected chi connectivity index (χ0v) is 18.2. The third-order valence-corrected chi connectivity index (χ3v) is 7.29. The van der Waals surface area contributed by atoms with Gasteiger partial charge in [-0.25, -0.2) is 8.42 Å². The van der Waals surface area contributed by atoms with Crippen LogP contribution in [0.2, 0.25) is 0 Å². The largest absolute Gasteiger partial charge is 0.496 e. The van der Waals surface area contributed by atoms with Crippen molar-refractivity contribution in [3.8, 4) is 5.75 Å². The fourth-order valence-electron chi connectivity index (χ4n) is 3.75. The van der Waals surface area contributed by atoms with Gasteiger partial charge in [0.1, 0.15) is 11.4 Å². The summed E-state index contributed by atoms with van der Waals surface area (Å²) >= 11 is 0. The van der Waals surface area contributed by atoms with Crippen molar-refractivity contribution >= 4 is 38.4 Å². The molecule has 1 aliphatic rings. The molecule has 166 valence electrons. The highest BCUT2D eigenvalue weighted by molar-refractivity contribution is 7.89. The van der Waals surface area contributed by atoms with E-state index in [0.29, 0.717) is 24.4 Å². The first kappa shape index (κ1) is 21.7. The lowest BCUT2D eigenvalue weighted by atomic mass is 10.0. The molecule has 1 fully saturated rings. The monoisotopic (exact) mass is 454 g/mol. The third-order valence-electron chi connectivity index (χ3n) is 5.40. The molecule has 0 radical (unpaired) electrons. The van der Waals surface area contributed by atoms with Crippen LogP contribution in [0.15, 0.2) is 64.6 Å². The fraction of sp³-hybridized carbons (Fsp3) is 0.227. The maximum atomic E-state index is 12.8. The number of sulfonamides is 1. The Balaban J connectivity index is 1.65. The first-order chi connectivity index (χ1) is 15.4. The summed E-state index contributed by atoms with van der Waals surface area (Å²) in [6.07, 6.45) is 3.10. The average Bonchev–Trinajstić information content (AvgIpc) is 3.35. The molecule has 10 heteroatoms. The van der Waals surface area contributed by atoms with E-state index in [0.717, 1.165) is 29.7 Å². The van der Waals surface area contributed by atoms with E-state index in [4.69, 9.17) is 4.74 Å². The molecular formula is C22H22N4O5S. The summed E-state index contributed by atoms with van der Waals surface area (Å²) < 4.78 is 32.3. The molecule has 1 heterocycles. The second-order valence-corrected chi connectivity index (χ2v) is 9.26. The molecule has 0 spiro atoms. The van der Waals surface area contributed by atoms with Crippen molar-refractivity contribution in [2.75, 3.05) is 25.6 Å². The van der Waals surface area contributed by atoms with E-state index < -0.39 is 14.9 Å². The molecule has 32 heavy (non-hydrogen) atoms. The number of rotatable bonds is 7. The molecule has 1 saturated heterocycles.